The standard InChI is InChI=1S/C36H60N14O10S2/c37-12-2-1-4-22(32(57)48-26(15-29(39)54)34(59)47-25(30(40)55)14-19-6-8-21(52)9-7-19)45-31(56)23(5-3-13-43-36(41)42)46-35(60)27(18-62)50-49-24(10-11-28(38)53)33(58)44-20(16-51)17-61/h6-9,16,20,22-27,49-50,52,61-62H,1-5,10-15,17-18,37H2,(H2,38,53)(H2,39,54)(H2,40,55)(H,44,58)(H,45,56)(H,46,60)(H,47,59)(H,48,57)(H4,41,42,43)/t20-,22?,23+,24?,25?,26+,27?/m1/s1/i16D. The first-order valence-electron chi connectivity index (χ1n) is 19.9. The summed E-state index contributed by atoms with van der Waals surface area (Å²) in [5, 5.41) is 31.8. The summed E-state index contributed by atoms with van der Waals surface area (Å²) in [6.45, 7) is 0.320. The van der Waals surface area contributed by atoms with Gasteiger partial charge < -0.3 is 70.5 Å². The number of nitrogens with one attached hydrogen (secondary N) is 9. The van der Waals surface area contributed by atoms with Gasteiger partial charge in [-0.25, -0.2) is 10.9 Å². The van der Waals surface area contributed by atoms with Crippen molar-refractivity contribution in [2.75, 3.05) is 24.6 Å². The van der Waals surface area contributed by atoms with Gasteiger partial charge in [0.1, 0.15) is 49.6 Å². The highest BCUT2D eigenvalue weighted by Gasteiger charge is 2.33. The van der Waals surface area contributed by atoms with Crippen LogP contribution in [0.25, 0.3) is 0 Å². The molecule has 7 atom stereocenters. The Morgan fingerprint density at radius 2 is 1.19 bits per heavy atom. The van der Waals surface area contributed by atoms with Crippen molar-refractivity contribution in [3.63, 3.8) is 0 Å². The van der Waals surface area contributed by atoms with E-state index in [4.69, 9.17) is 35.4 Å². The number of amides is 8. The molecule has 24 nitrogen and oxygen atoms in total. The van der Waals surface area contributed by atoms with Crippen LogP contribution in [0.1, 0.15) is 58.3 Å². The molecule has 1 aromatic carbocycles. The maximum Gasteiger partial charge on any atom is 0.243 e. The van der Waals surface area contributed by atoms with Crippen molar-refractivity contribution in [2.45, 2.75) is 100 Å². The van der Waals surface area contributed by atoms with Crippen molar-refractivity contribution in [1.82, 2.24) is 42.8 Å². The number of carbonyl (C=O) groups is 9. The van der Waals surface area contributed by atoms with Gasteiger partial charge in [0.25, 0.3) is 0 Å². The Hall–Kier alpha value is -5.70. The van der Waals surface area contributed by atoms with Crippen LogP contribution < -0.4 is 71.4 Å². The van der Waals surface area contributed by atoms with Crippen molar-refractivity contribution in [3.05, 3.63) is 29.8 Å². The van der Waals surface area contributed by atoms with E-state index < -0.39 is 102 Å². The van der Waals surface area contributed by atoms with E-state index in [1.807, 2.05) is 0 Å². The first kappa shape index (κ1) is 52.4. The van der Waals surface area contributed by atoms with Crippen molar-refractivity contribution in [2.24, 2.45) is 28.7 Å². The smallest absolute Gasteiger partial charge is 0.243 e. The number of benzene rings is 1. The van der Waals surface area contributed by atoms with Gasteiger partial charge >= 0.3 is 0 Å². The summed E-state index contributed by atoms with van der Waals surface area (Å²) in [7, 11) is 0. The number of guanidine groups is 1. The summed E-state index contributed by atoms with van der Waals surface area (Å²) in [4.78, 5) is 115. The van der Waals surface area contributed by atoms with Crippen molar-refractivity contribution < 1.29 is 49.6 Å². The first-order chi connectivity index (χ1) is 29.7. The molecule has 20 N–H and O–H groups in total. The minimum Gasteiger partial charge on any atom is -0.508 e. The van der Waals surface area contributed by atoms with E-state index in [0.717, 1.165) is 0 Å². The molecule has 1 aromatic rings. The minimum atomic E-state index is -1.64. The normalized spacial score (nSPS) is 14.5. The van der Waals surface area contributed by atoms with Gasteiger partial charge in [0.05, 0.1) is 12.5 Å². The van der Waals surface area contributed by atoms with E-state index in [0.29, 0.717) is 18.4 Å². The number of hydrogen-bond acceptors (Lipinski definition) is 16. The molecule has 0 aliphatic carbocycles. The van der Waals surface area contributed by atoms with Gasteiger partial charge in [-0.3, -0.25) is 43.8 Å². The number of carbonyl (C=O) groups excluding carboxylic acids is 9. The average molecular weight is 914 g/mol. The van der Waals surface area contributed by atoms with Gasteiger partial charge in [-0.05, 0) is 62.8 Å². The maximum absolute atomic E-state index is 13.9. The third kappa shape index (κ3) is 21.7. The fraction of sp³-hybridized carbons (Fsp3) is 0.556. The number of phenols is 1. The fourth-order valence-corrected chi connectivity index (χ4v) is 5.91. The summed E-state index contributed by atoms with van der Waals surface area (Å²) >= 11 is 8.16. The van der Waals surface area contributed by atoms with Crippen LogP contribution in [0.15, 0.2) is 24.3 Å². The van der Waals surface area contributed by atoms with Gasteiger partial charge in [0.2, 0.25) is 47.3 Å². The SMILES string of the molecule is [2H]C(=O)[C@H](CS)NC(=O)C(CCC(N)=O)NNC(CS)C(=O)N[C@@H](CCCNC(=N)N)C(=O)NC(CCCCN)C(=O)N[C@@H](CC(N)=O)C(=O)NC(Cc1ccc(O)cc1)C(N)=O. The lowest BCUT2D eigenvalue weighted by Crippen LogP contribution is -2.61. The number of primary amides is 3. The van der Waals surface area contributed by atoms with Gasteiger partial charge in [0, 0.05) is 30.9 Å². The van der Waals surface area contributed by atoms with E-state index in [-0.39, 0.29) is 74.8 Å². The maximum atomic E-state index is 13.9. The zero-order valence-electron chi connectivity index (χ0n) is 34.9. The fourth-order valence-electron chi connectivity index (χ4n) is 5.49. The lowest BCUT2D eigenvalue weighted by molar-refractivity contribution is -0.135. The van der Waals surface area contributed by atoms with Crippen LogP contribution >= 0.6 is 25.3 Å². The number of thiol groups is 2. The Bertz CT molecular complexity index is 1750. The van der Waals surface area contributed by atoms with Crippen LogP contribution in [0.4, 0.5) is 0 Å². The monoisotopic (exact) mass is 913 g/mol. The second-order valence-electron chi connectivity index (χ2n) is 13.9. The Balaban J connectivity index is 3.34. The zero-order valence-corrected chi connectivity index (χ0v) is 35.7. The van der Waals surface area contributed by atoms with Crippen molar-refractivity contribution in [1.29, 1.82) is 5.41 Å². The molecule has 0 heterocycles. The second-order valence-corrected chi connectivity index (χ2v) is 14.6. The highest BCUT2D eigenvalue weighted by Crippen LogP contribution is 2.12. The summed E-state index contributed by atoms with van der Waals surface area (Å²) < 4.78 is 7.32. The van der Waals surface area contributed by atoms with E-state index in [9.17, 15) is 48.3 Å². The van der Waals surface area contributed by atoms with E-state index in [1.165, 1.54) is 24.3 Å². The van der Waals surface area contributed by atoms with Crippen LogP contribution in [-0.2, 0) is 49.6 Å². The van der Waals surface area contributed by atoms with Crippen molar-refractivity contribution >= 4 is 84.7 Å². The van der Waals surface area contributed by atoms with Crippen LogP contribution in [0.2, 0.25) is 0 Å². The molecular weight excluding hydrogens is 853 g/mol. The molecule has 62 heavy (non-hydrogen) atoms. The van der Waals surface area contributed by atoms with E-state index >= 15 is 0 Å². The number of aldehydes is 1. The predicted molar refractivity (Wildman–Crippen MR) is 233 cm³/mol. The van der Waals surface area contributed by atoms with Crippen LogP contribution in [0.3, 0.4) is 0 Å². The second kappa shape index (κ2) is 29.5. The Kier molecular flexibility index (Phi) is 25.0. The van der Waals surface area contributed by atoms with Gasteiger partial charge in [-0.1, -0.05) is 12.1 Å². The number of aromatic hydroxyl groups is 1. The molecule has 0 fully saturated rings. The number of rotatable bonds is 32. The number of nitrogens with two attached hydrogens (primary N) is 5. The van der Waals surface area contributed by atoms with Crippen molar-refractivity contribution in [3.8, 4) is 5.75 Å². The zero-order chi connectivity index (χ0) is 47.6. The highest BCUT2D eigenvalue weighted by molar-refractivity contribution is 7.80. The predicted octanol–water partition coefficient (Wildman–Crippen LogP) is -5.73. The number of phenolic OH excluding ortho intramolecular Hbond substituents is 1. The third-order valence-corrected chi connectivity index (χ3v) is 9.57. The Morgan fingerprint density at radius 1 is 0.677 bits per heavy atom. The molecule has 0 radical (unpaired) electrons. The molecule has 4 unspecified atom stereocenters. The third-order valence-electron chi connectivity index (χ3n) is 8.84. The lowest BCUT2D eigenvalue weighted by atomic mass is 10.0. The molecule has 346 valence electrons. The molecule has 8 amide bonds. The van der Waals surface area contributed by atoms with Gasteiger partial charge in [0.15, 0.2) is 5.96 Å². The summed E-state index contributed by atoms with van der Waals surface area (Å²) in [6, 6.07) is -3.80. The Morgan fingerprint density at radius 3 is 1.69 bits per heavy atom. The molecule has 0 spiro atoms. The summed E-state index contributed by atoms with van der Waals surface area (Å²) in [5.74, 6) is -8.00. The molecule has 0 aliphatic rings. The number of unbranched alkanes of at least 4 members (excludes halogenated alkanes) is 1. The molecule has 0 saturated carbocycles. The Labute approximate surface area is 370 Å². The number of hydrogen-bond donors (Lipinski definition) is 17. The molecule has 1 rings (SSSR count). The lowest BCUT2D eigenvalue weighted by Gasteiger charge is -2.27. The molecule has 26 heteroatoms. The van der Waals surface area contributed by atoms with Crippen LogP contribution in [0, 0.1) is 5.41 Å². The molecule has 0 aliphatic heterocycles. The minimum absolute atomic E-state index is 0.0314. The van der Waals surface area contributed by atoms with Gasteiger partial charge in [-0.2, -0.15) is 25.3 Å². The topological polar surface area (TPSA) is 424 Å². The molecule has 0 bridgehead atoms. The molecule has 0 aromatic heterocycles. The molecule has 0 saturated heterocycles. The largest absolute Gasteiger partial charge is 0.508 e. The number of hydrazine groups is 1. The summed E-state index contributed by atoms with van der Waals surface area (Å²) in [6.07, 6.45) is -1.69. The van der Waals surface area contributed by atoms with E-state index in [2.05, 4.69) is 68.0 Å². The summed E-state index contributed by atoms with van der Waals surface area (Å²) in [5.41, 5.74) is 32.9. The van der Waals surface area contributed by atoms with Gasteiger partial charge in [-0.15, -0.1) is 0 Å². The molecular formula is C36H60N14O10S2. The van der Waals surface area contributed by atoms with Crippen LogP contribution in [-0.4, -0.2) is 131 Å². The highest BCUT2D eigenvalue weighted by atomic mass is 32.1. The van der Waals surface area contributed by atoms with Crippen LogP contribution in [0.5, 0.6) is 5.75 Å². The van der Waals surface area contributed by atoms with E-state index in [1.54, 1.807) is 0 Å². The first-order valence-corrected chi connectivity index (χ1v) is 20.7. The quantitative estimate of drug-likeness (QED) is 0.00800. The average Bonchev–Trinajstić information content (AvgIpc) is 3.21.